The molecule has 0 spiro atoms. The van der Waals surface area contributed by atoms with Crippen molar-refractivity contribution in [1.29, 1.82) is 0 Å². The maximum atomic E-state index is 6.18. The van der Waals surface area contributed by atoms with E-state index in [2.05, 4.69) is 36.4 Å². The van der Waals surface area contributed by atoms with E-state index in [0.29, 0.717) is 22.5 Å². The third-order valence-corrected chi connectivity index (χ3v) is 6.24. The molecule has 3 nitrogen and oxygen atoms in total. The van der Waals surface area contributed by atoms with E-state index in [1.807, 2.05) is 91.0 Å². The summed E-state index contributed by atoms with van der Waals surface area (Å²) in [6.45, 7) is 0. The Kier molecular flexibility index (Phi) is 6.17. The van der Waals surface area contributed by atoms with Crippen LogP contribution < -0.4 is 0 Å². The molecule has 0 radical (unpaired) electrons. The Hall–Kier alpha value is -4.78. The Morgan fingerprint density at radius 3 is 1.49 bits per heavy atom. The van der Waals surface area contributed by atoms with Gasteiger partial charge in [-0.05, 0) is 34.9 Å². The Balaban J connectivity index is 1.44. The summed E-state index contributed by atoms with van der Waals surface area (Å²) in [5, 5.41) is 0.638. The van der Waals surface area contributed by atoms with Crippen LogP contribution in [0.15, 0.2) is 121 Å². The molecule has 0 aliphatic rings. The second-order valence-corrected chi connectivity index (χ2v) is 8.99. The summed E-state index contributed by atoms with van der Waals surface area (Å²) in [5.74, 6) is 1.91. The summed E-state index contributed by atoms with van der Waals surface area (Å²) in [6.07, 6.45) is 0. The molecule has 0 amide bonds. The first-order chi connectivity index (χ1) is 18.2. The highest BCUT2D eigenvalue weighted by molar-refractivity contribution is 6.30. The highest BCUT2D eigenvalue weighted by Crippen LogP contribution is 2.30. The first kappa shape index (κ1) is 22.7. The summed E-state index contributed by atoms with van der Waals surface area (Å²) >= 11 is 6.18. The van der Waals surface area contributed by atoms with Crippen LogP contribution >= 0.6 is 11.6 Å². The quantitative estimate of drug-likeness (QED) is 0.242. The molecular weight excluding hydrogens is 474 g/mol. The van der Waals surface area contributed by atoms with Gasteiger partial charge in [-0.2, -0.15) is 0 Å². The molecule has 6 aromatic rings. The molecule has 1 aromatic heterocycles. The van der Waals surface area contributed by atoms with Crippen molar-refractivity contribution < 1.29 is 0 Å². The number of hydrogen-bond donors (Lipinski definition) is 0. The zero-order chi connectivity index (χ0) is 25.0. The van der Waals surface area contributed by atoms with Crippen molar-refractivity contribution in [3.63, 3.8) is 0 Å². The molecule has 37 heavy (non-hydrogen) atoms. The fourth-order valence-corrected chi connectivity index (χ4v) is 4.36. The van der Waals surface area contributed by atoms with Gasteiger partial charge in [0.25, 0.3) is 0 Å². The second-order valence-electron chi connectivity index (χ2n) is 8.56. The number of rotatable bonds is 5. The summed E-state index contributed by atoms with van der Waals surface area (Å²) in [4.78, 5) is 14.5. The van der Waals surface area contributed by atoms with Crippen LogP contribution in [-0.2, 0) is 0 Å². The molecule has 0 saturated heterocycles. The average molecular weight is 494 g/mol. The highest BCUT2D eigenvalue weighted by atomic mass is 35.5. The molecule has 5 aromatic carbocycles. The standard InChI is InChI=1S/C33H20ClN3/c34-30-19-9-17-28(22-30)26-15-7-14-25(20-26)27-16-8-18-29(21-27)33-36-31(23-10-3-1-4-11-23)35-32(37-33)24-12-5-2-6-13-24/h1-8,10-16,18-22H. The van der Waals surface area contributed by atoms with Crippen molar-refractivity contribution in [3.8, 4) is 56.4 Å². The molecule has 6 rings (SSSR count). The topological polar surface area (TPSA) is 38.7 Å². The number of benzene rings is 4. The van der Waals surface area contributed by atoms with Crippen molar-refractivity contribution in [2.45, 2.75) is 0 Å². The highest BCUT2D eigenvalue weighted by Gasteiger charge is 2.13. The molecule has 0 saturated carbocycles. The van der Waals surface area contributed by atoms with Crippen molar-refractivity contribution in [3.05, 3.63) is 138 Å². The fraction of sp³-hybridized carbons (Fsp3) is 0. The van der Waals surface area contributed by atoms with Gasteiger partial charge in [0.1, 0.15) is 0 Å². The van der Waals surface area contributed by atoms with Crippen LogP contribution in [0.1, 0.15) is 0 Å². The van der Waals surface area contributed by atoms with Crippen LogP contribution in [0.5, 0.6) is 0 Å². The minimum Gasteiger partial charge on any atom is -0.208 e. The van der Waals surface area contributed by atoms with Gasteiger partial charge in [-0.1, -0.05) is 121 Å². The first-order valence-corrected chi connectivity index (χ1v) is 12.3. The molecule has 0 unspecified atom stereocenters. The summed E-state index contributed by atoms with van der Waals surface area (Å²) in [5.41, 5.74) is 6.88. The van der Waals surface area contributed by atoms with Crippen LogP contribution in [0, 0.1) is 12.1 Å². The summed E-state index contributed by atoms with van der Waals surface area (Å²) in [7, 11) is 0. The lowest BCUT2D eigenvalue weighted by Gasteiger charge is -2.10. The van der Waals surface area contributed by atoms with Crippen LogP contribution in [0.2, 0.25) is 5.02 Å². The number of nitrogens with zero attached hydrogens (tertiary/aromatic N) is 3. The van der Waals surface area contributed by atoms with E-state index < -0.39 is 0 Å². The van der Waals surface area contributed by atoms with Gasteiger partial charge in [0.2, 0.25) is 0 Å². The molecule has 4 heteroatoms. The molecule has 0 atom stereocenters. The van der Waals surface area contributed by atoms with Gasteiger partial charge in [0, 0.05) is 28.3 Å². The van der Waals surface area contributed by atoms with E-state index >= 15 is 0 Å². The zero-order valence-electron chi connectivity index (χ0n) is 19.8. The lowest BCUT2D eigenvalue weighted by atomic mass is 9.98. The van der Waals surface area contributed by atoms with Crippen LogP contribution in [0.25, 0.3) is 56.4 Å². The van der Waals surface area contributed by atoms with Gasteiger partial charge < -0.3 is 0 Å². The lowest BCUT2D eigenvalue weighted by Crippen LogP contribution is -2.00. The summed E-state index contributed by atoms with van der Waals surface area (Å²) in [6, 6.07) is 46.3. The number of hydrogen-bond acceptors (Lipinski definition) is 3. The van der Waals surface area contributed by atoms with Crippen LogP contribution in [-0.4, -0.2) is 15.0 Å². The van der Waals surface area contributed by atoms with Crippen molar-refractivity contribution in [2.75, 3.05) is 0 Å². The Morgan fingerprint density at radius 1 is 0.459 bits per heavy atom. The monoisotopic (exact) mass is 493 g/mol. The van der Waals surface area contributed by atoms with Gasteiger partial charge in [0.05, 0.1) is 5.02 Å². The maximum Gasteiger partial charge on any atom is 0.164 e. The largest absolute Gasteiger partial charge is 0.208 e. The SMILES string of the molecule is Clc1cc#cc(-c2cccc(-c3cccc(-c4nc(-c5ccccc5)nc(-c5ccccc5)n4)c3)c2)c1. The minimum absolute atomic E-state index is 0.628. The Morgan fingerprint density at radius 2 is 0.919 bits per heavy atom. The number of aromatic nitrogens is 3. The number of halogens is 1. The molecule has 0 aliphatic heterocycles. The normalized spacial score (nSPS) is 10.6. The van der Waals surface area contributed by atoms with E-state index in [-0.39, 0.29) is 0 Å². The van der Waals surface area contributed by atoms with Gasteiger partial charge in [-0.25, -0.2) is 15.0 Å². The van der Waals surface area contributed by atoms with E-state index in [9.17, 15) is 0 Å². The molecule has 0 fully saturated rings. The summed E-state index contributed by atoms with van der Waals surface area (Å²) < 4.78 is 0. The molecule has 1 heterocycles. The predicted octanol–water partition coefficient (Wildman–Crippen LogP) is 8.46. The van der Waals surface area contributed by atoms with Crippen LogP contribution in [0.3, 0.4) is 0 Å². The van der Waals surface area contributed by atoms with Gasteiger partial charge in [0.15, 0.2) is 17.5 Å². The second kappa shape index (κ2) is 10.1. The third kappa shape index (κ3) is 4.97. The zero-order valence-corrected chi connectivity index (χ0v) is 20.5. The van der Waals surface area contributed by atoms with Crippen molar-refractivity contribution >= 4 is 11.6 Å². The van der Waals surface area contributed by atoms with E-state index in [4.69, 9.17) is 26.6 Å². The van der Waals surface area contributed by atoms with Gasteiger partial charge >= 0.3 is 0 Å². The minimum atomic E-state index is 0.628. The molecular formula is C33H20ClN3. The predicted molar refractivity (Wildman–Crippen MR) is 150 cm³/mol. The van der Waals surface area contributed by atoms with Gasteiger partial charge in [-0.15, -0.1) is 0 Å². The molecule has 174 valence electrons. The molecule has 0 aliphatic carbocycles. The van der Waals surface area contributed by atoms with Gasteiger partial charge in [-0.3, -0.25) is 0 Å². The smallest absolute Gasteiger partial charge is 0.164 e. The van der Waals surface area contributed by atoms with E-state index in [0.717, 1.165) is 38.9 Å². The molecule has 0 bridgehead atoms. The fourth-order valence-electron chi connectivity index (χ4n) is 4.20. The van der Waals surface area contributed by atoms with Crippen molar-refractivity contribution in [2.24, 2.45) is 0 Å². The third-order valence-electron chi connectivity index (χ3n) is 6.03. The Labute approximate surface area is 221 Å². The van der Waals surface area contributed by atoms with E-state index in [1.165, 1.54) is 0 Å². The average Bonchev–Trinajstić information content (AvgIpc) is 2.98. The first-order valence-electron chi connectivity index (χ1n) is 11.9. The maximum absolute atomic E-state index is 6.18. The lowest BCUT2D eigenvalue weighted by molar-refractivity contribution is 1.07. The Bertz CT molecular complexity index is 1620. The van der Waals surface area contributed by atoms with Crippen molar-refractivity contribution in [1.82, 2.24) is 15.0 Å². The van der Waals surface area contributed by atoms with E-state index in [1.54, 1.807) is 6.07 Å². The molecule has 0 N–H and O–H groups in total. The van der Waals surface area contributed by atoms with Crippen LogP contribution in [0.4, 0.5) is 0 Å².